The minimum Gasteiger partial charge on any atom is -0.350 e. The number of carbonyl (C=O) groups is 2. The van der Waals surface area contributed by atoms with Gasteiger partial charge in [-0.05, 0) is 44.9 Å². The summed E-state index contributed by atoms with van der Waals surface area (Å²) >= 11 is 0. The van der Waals surface area contributed by atoms with Crippen molar-refractivity contribution >= 4 is 11.8 Å². The van der Waals surface area contributed by atoms with E-state index >= 15 is 0 Å². The van der Waals surface area contributed by atoms with Gasteiger partial charge in [0.15, 0.2) is 0 Å². The lowest BCUT2D eigenvalue weighted by atomic mass is 10.1. The van der Waals surface area contributed by atoms with Gasteiger partial charge in [-0.25, -0.2) is 0 Å². The molecule has 4 nitrogen and oxygen atoms in total. The predicted octanol–water partition coefficient (Wildman–Crippen LogP) is 2.50. The van der Waals surface area contributed by atoms with Gasteiger partial charge in [-0.3, -0.25) is 9.59 Å². The fraction of sp³-hybridized carbons (Fsp3) is 0.500. The number of hydrogen-bond donors (Lipinski definition) is 2. The van der Waals surface area contributed by atoms with E-state index in [0.29, 0.717) is 11.1 Å². The van der Waals surface area contributed by atoms with E-state index in [1.54, 1.807) is 24.3 Å². The standard InChI is InChI=1S/C16H22N2O2/c1-11(2)17-15(19)12-6-5-7-13(10-12)16(20)18-14-8-3-4-9-14/h5-7,10-11,14H,3-4,8-9H2,1-2H3,(H,17,19)(H,18,20). The Labute approximate surface area is 119 Å². The van der Waals surface area contributed by atoms with E-state index in [2.05, 4.69) is 10.6 Å². The van der Waals surface area contributed by atoms with E-state index in [0.717, 1.165) is 12.8 Å². The SMILES string of the molecule is CC(C)NC(=O)c1cccc(C(=O)NC2CCCC2)c1. The molecule has 0 bridgehead atoms. The van der Waals surface area contributed by atoms with Crippen LogP contribution in [-0.4, -0.2) is 23.9 Å². The van der Waals surface area contributed by atoms with Crippen LogP contribution in [0.5, 0.6) is 0 Å². The minimum atomic E-state index is -0.143. The lowest BCUT2D eigenvalue weighted by Crippen LogP contribution is -2.33. The first kappa shape index (κ1) is 14.6. The second-order valence-corrected chi connectivity index (χ2v) is 5.66. The summed E-state index contributed by atoms with van der Waals surface area (Å²) in [6.07, 6.45) is 4.47. The topological polar surface area (TPSA) is 58.2 Å². The first-order valence-electron chi connectivity index (χ1n) is 7.28. The molecule has 4 heteroatoms. The molecule has 0 aromatic heterocycles. The zero-order chi connectivity index (χ0) is 14.5. The van der Waals surface area contributed by atoms with E-state index in [9.17, 15) is 9.59 Å². The monoisotopic (exact) mass is 274 g/mol. The van der Waals surface area contributed by atoms with Gasteiger partial charge in [0.2, 0.25) is 0 Å². The summed E-state index contributed by atoms with van der Waals surface area (Å²) in [5.74, 6) is -0.230. The molecule has 1 saturated carbocycles. The van der Waals surface area contributed by atoms with Crippen LogP contribution in [-0.2, 0) is 0 Å². The van der Waals surface area contributed by atoms with Crippen LogP contribution >= 0.6 is 0 Å². The van der Waals surface area contributed by atoms with Crippen LogP contribution in [0.2, 0.25) is 0 Å². The van der Waals surface area contributed by atoms with Crippen molar-refractivity contribution < 1.29 is 9.59 Å². The van der Waals surface area contributed by atoms with Gasteiger partial charge in [0.1, 0.15) is 0 Å². The van der Waals surface area contributed by atoms with Gasteiger partial charge >= 0.3 is 0 Å². The highest BCUT2D eigenvalue weighted by molar-refractivity contribution is 5.99. The van der Waals surface area contributed by atoms with Gasteiger partial charge in [0, 0.05) is 23.2 Å². The maximum absolute atomic E-state index is 12.2. The average Bonchev–Trinajstić information content (AvgIpc) is 2.91. The maximum Gasteiger partial charge on any atom is 0.251 e. The summed E-state index contributed by atoms with van der Waals surface area (Å²) in [4.78, 5) is 24.1. The highest BCUT2D eigenvalue weighted by atomic mass is 16.2. The molecule has 20 heavy (non-hydrogen) atoms. The molecule has 108 valence electrons. The molecule has 1 aliphatic carbocycles. The van der Waals surface area contributed by atoms with Crippen molar-refractivity contribution in [2.75, 3.05) is 0 Å². The Morgan fingerprint density at radius 1 is 1.10 bits per heavy atom. The van der Waals surface area contributed by atoms with Crippen molar-refractivity contribution in [2.45, 2.75) is 51.6 Å². The lowest BCUT2D eigenvalue weighted by molar-refractivity contribution is 0.0937. The molecule has 0 unspecified atom stereocenters. The predicted molar refractivity (Wildman–Crippen MR) is 78.8 cm³/mol. The second kappa shape index (κ2) is 6.55. The van der Waals surface area contributed by atoms with Gasteiger partial charge in [-0.15, -0.1) is 0 Å². The summed E-state index contributed by atoms with van der Waals surface area (Å²) in [5, 5.41) is 5.86. The Kier molecular flexibility index (Phi) is 4.77. The van der Waals surface area contributed by atoms with Crippen molar-refractivity contribution in [3.63, 3.8) is 0 Å². The molecule has 1 aromatic rings. The van der Waals surface area contributed by atoms with Crippen molar-refractivity contribution in [3.8, 4) is 0 Å². The Morgan fingerprint density at radius 2 is 1.70 bits per heavy atom. The van der Waals surface area contributed by atoms with Crippen LogP contribution in [0.4, 0.5) is 0 Å². The zero-order valence-corrected chi connectivity index (χ0v) is 12.1. The Hall–Kier alpha value is -1.84. The van der Waals surface area contributed by atoms with Crippen LogP contribution in [0.25, 0.3) is 0 Å². The lowest BCUT2D eigenvalue weighted by Gasteiger charge is -2.13. The zero-order valence-electron chi connectivity index (χ0n) is 12.1. The van der Waals surface area contributed by atoms with Crippen LogP contribution in [0.3, 0.4) is 0 Å². The normalized spacial score (nSPS) is 15.3. The number of amides is 2. The first-order valence-corrected chi connectivity index (χ1v) is 7.28. The smallest absolute Gasteiger partial charge is 0.251 e. The third kappa shape index (κ3) is 3.83. The Morgan fingerprint density at radius 3 is 2.30 bits per heavy atom. The summed E-state index contributed by atoms with van der Waals surface area (Å²) < 4.78 is 0. The van der Waals surface area contributed by atoms with E-state index in [4.69, 9.17) is 0 Å². The van der Waals surface area contributed by atoms with Gasteiger partial charge in [-0.2, -0.15) is 0 Å². The second-order valence-electron chi connectivity index (χ2n) is 5.66. The highest BCUT2D eigenvalue weighted by Crippen LogP contribution is 2.18. The van der Waals surface area contributed by atoms with Crippen molar-refractivity contribution in [2.24, 2.45) is 0 Å². The van der Waals surface area contributed by atoms with Crippen LogP contribution < -0.4 is 10.6 Å². The highest BCUT2D eigenvalue weighted by Gasteiger charge is 2.18. The summed E-state index contributed by atoms with van der Waals surface area (Å²) in [6.45, 7) is 3.82. The molecule has 2 amide bonds. The van der Waals surface area contributed by atoms with Gasteiger partial charge in [0.25, 0.3) is 11.8 Å². The quantitative estimate of drug-likeness (QED) is 0.886. The summed E-state index contributed by atoms with van der Waals surface area (Å²) in [5.41, 5.74) is 1.08. The number of nitrogens with one attached hydrogen (secondary N) is 2. The average molecular weight is 274 g/mol. The molecular weight excluding hydrogens is 252 g/mol. The minimum absolute atomic E-state index is 0.0819. The molecule has 1 fully saturated rings. The number of rotatable bonds is 4. The number of benzene rings is 1. The molecule has 1 aromatic carbocycles. The third-order valence-electron chi connectivity index (χ3n) is 3.50. The molecule has 0 aliphatic heterocycles. The molecular formula is C16H22N2O2. The van der Waals surface area contributed by atoms with Crippen molar-refractivity contribution in [3.05, 3.63) is 35.4 Å². The largest absolute Gasteiger partial charge is 0.350 e. The van der Waals surface area contributed by atoms with E-state index in [1.807, 2.05) is 13.8 Å². The van der Waals surface area contributed by atoms with Crippen LogP contribution in [0.15, 0.2) is 24.3 Å². The fourth-order valence-electron chi connectivity index (χ4n) is 2.49. The molecule has 0 heterocycles. The van der Waals surface area contributed by atoms with Crippen molar-refractivity contribution in [1.82, 2.24) is 10.6 Å². The Bertz CT molecular complexity index is 491. The summed E-state index contributed by atoms with van der Waals surface area (Å²) in [6, 6.07) is 7.25. The van der Waals surface area contributed by atoms with Crippen molar-refractivity contribution in [1.29, 1.82) is 0 Å². The van der Waals surface area contributed by atoms with Gasteiger partial charge in [-0.1, -0.05) is 18.9 Å². The van der Waals surface area contributed by atoms with Crippen LogP contribution in [0, 0.1) is 0 Å². The molecule has 2 N–H and O–H groups in total. The van der Waals surface area contributed by atoms with Crippen LogP contribution in [0.1, 0.15) is 60.2 Å². The van der Waals surface area contributed by atoms with E-state index < -0.39 is 0 Å². The molecule has 1 aliphatic rings. The molecule has 0 radical (unpaired) electrons. The third-order valence-corrected chi connectivity index (χ3v) is 3.50. The van der Waals surface area contributed by atoms with E-state index in [1.165, 1.54) is 12.8 Å². The molecule has 2 rings (SSSR count). The molecule has 0 saturated heterocycles. The fourth-order valence-corrected chi connectivity index (χ4v) is 2.49. The first-order chi connectivity index (χ1) is 9.56. The molecule has 0 atom stereocenters. The summed E-state index contributed by atoms with van der Waals surface area (Å²) in [7, 11) is 0. The Balaban J connectivity index is 2.04. The molecule has 0 spiro atoms. The number of hydrogen-bond acceptors (Lipinski definition) is 2. The van der Waals surface area contributed by atoms with E-state index in [-0.39, 0.29) is 23.9 Å². The van der Waals surface area contributed by atoms with Gasteiger partial charge < -0.3 is 10.6 Å². The maximum atomic E-state index is 12.2. The van der Waals surface area contributed by atoms with Gasteiger partial charge in [0.05, 0.1) is 0 Å². The number of carbonyl (C=O) groups excluding carboxylic acids is 2.